The molecule has 3 amide bonds. The number of rotatable bonds is 6. The highest BCUT2D eigenvalue weighted by atomic mass is 16.5. The molecule has 8 nitrogen and oxygen atoms in total. The summed E-state index contributed by atoms with van der Waals surface area (Å²) >= 11 is 0. The lowest BCUT2D eigenvalue weighted by Crippen LogP contribution is -2.57. The number of likely N-dealkylation sites (tertiary alicyclic amines) is 1. The zero-order valence-corrected chi connectivity index (χ0v) is 17.0. The molecule has 2 aromatic heterocycles. The molecule has 3 aromatic rings. The van der Waals surface area contributed by atoms with Gasteiger partial charge in [0.25, 0.3) is 0 Å². The van der Waals surface area contributed by atoms with Crippen molar-refractivity contribution in [2.24, 2.45) is 5.92 Å². The van der Waals surface area contributed by atoms with Crippen LogP contribution < -0.4 is 15.4 Å². The average Bonchev–Trinajstić information content (AvgIpc) is 3.17. The number of urea groups is 1. The number of hydrogen-bond donors (Lipinski definition) is 2. The van der Waals surface area contributed by atoms with E-state index in [9.17, 15) is 9.59 Å². The molecule has 0 atom stereocenters. The summed E-state index contributed by atoms with van der Waals surface area (Å²) in [5.41, 5.74) is 2.49. The molecule has 156 valence electrons. The molecule has 30 heavy (non-hydrogen) atoms. The summed E-state index contributed by atoms with van der Waals surface area (Å²) in [6, 6.07) is 10.8. The van der Waals surface area contributed by atoms with Crippen molar-refractivity contribution >= 4 is 23.3 Å². The van der Waals surface area contributed by atoms with Gasteiger partial charge in [-0.25, -0.2) is 9.78 Å². The first-order valence-corrected chi connectivity index (χ1v) is 10.00. The molecular weight excluding hydrogens is 382 g/mol. The Labute approximate surface area is 174 Å². The fraction of sp³-hybridized carbons (Fsp3) is 0.318. The summed E-state index contributed by atoms with van der Waals surface area (Å²) in [4.78, 5) is 30.1. The summed E-state index contributed by atoms with van der Waals surface area (Å²) in [6.45, 7) is 5.44. The first kappa shape index (κ1) is 19.8. The molecule has 1 aliphatic rings. The minimum Gasteiger partial charge on any atom is -0.487 e. The predicted molar refractivity (Wildman–Crippen MR) is 113 cm³/mol. The van der Waals surface area contributed by atoms with Crippen LogP contribution in [0.1, 0.15) is 19.4 Å². The lowest BCUT2D eigenvalue weighted by Gasteiger charge is -2.39. The number of carbonyl (C=O) groups is 2. The van der Waals surface area contributed by atoms with Crippen LogP contribution in [0, 0.1) is 5.92 Å². The van der Waals surface area contributed by atoms with Gasteiger partial charge in [0.2, 0.25) is 5.91 Å². The predicted octanol–water partition coefficient (Wildman–Crippen LogP) is 2.90. The van der Waals surface area contributed by atoms with Gasteiger partial charge in [-0.2, -0.15) is 0 Å². The number of amides is 3. The van der Waals surface area contributed by atoms with Crippen LogP contribution in [0.25, 0.3) is 5.65 Å². The molecule has 0 spiro atoms. The van der Waals surface area contributed by atoms with Crippen LogP contribution in [-0.2, 0) is 11.3 Å². The largest absolute Gasteiger partial charge is 0.487 e. The number of ether oxygens (including phenoxy) is 1. The number of imidazole rings is 1. The van der Waals surface area contributed by atoms with Gasteiger partial charge in [-0.1, -0.05) is 13.8 Å². The number of hydrogen-bond acceptors (Lipinski definition) is 4. The summed E-state index contributed by atoms with van der Waals surface area (Å²) < 4.78 is 7.79. The van der Waals surface area contributed by atoms with E-state index < -0.39 is 0 Å². The molecular formula is C22H25N5O3. The lowest BCUT2D eigenvalue weighted by atomic mass is 10.1. The van der Waals surface area contributed by atoms with Crippen LogP contribution in [0.3, 0.4) is 0 Å². The van der Waals surface area contributed by atoms with Gasteiger partial charge >= 0.3 is 6.03 Å². The Morgan fingerprint density at radius 1 is 1.17 bits per heavy atom. The highest BCUT2D eigenvalue weighted by Crippen LogP contribution is 2.21. The van der Waals surface area contributed by atoms with Crippen LogP contribution in [-0.4, -0.2) is 45.4 Å². The van der Waals surface area contributed by atoms with Crippen molar-refractivity contribution in [3.05, 3.63) is 60.6 Å². The maximum absolute atomic E-state index is 12.2. The van der Waals surface area contributed by atoms with Crippen LogP contribution in [0.2, 0.25) is 0 Å². The van der Waals surface area contributed by atoms with Crippen molar-refractivity contribution in [2.45, 2.75) is 26.5 Å². The van der Waals surface area contributed by atoms with Crippen LogP contribution in [0.4, 0.5) is 10.5 Å². The molecule has 1 aliphatic heterocycles. The molecule has 0 aliphatic carbocycles. The summed E-state index contributed by atoms with van der Waals surface area (Å²) in [5.74, 6) is 0.886. The molecule has 1 aromatic carbocycles. The Balaban J connectivity index is 1.22. The third kappa shape index (κ3) is 4.53. The standard InChI is InChI=1S/C22H25N5O3/c1-15(2)21(28)27-13-19(14-27)30-18-5-3-17(4-6-18)25-22(29)24-12-16-7-9-26-10-8-23-20(26)11-16/h3-11,15,19H,12-14H2,1-2H3,(H2,24,25,29). The van der Waals surface area contributed by atoms with Crippen molar-refractivity contribution in [3.8, 4) is 5.75 Å². The Hall–Kier alpha value is -3.55. The van der Waals surface area contributed by atoms with E-state index in [1.165, 1.54) is 0 Å². The zero-order chi connectivity index (χ0) is 21.1. The van der Waals surface area contributed by atoms with Gasteiger partial charge in [0.05, 0.1) is 13.1 Å². The fourth-order valence-corrected chi connectivity index (χ4v) is 3.29. The van der Waals surface area contributed by atoms with Gasteiger partial charge in [-0.15, -0.1) is 0 Å². The van der Waals surface area contributed by atoms with E-state index in [0.717, 1.165) is 17.0 Å². The number of nitrogens with one attached hydrogen (secondary N) is 2. The normalized spacial score (nSPS) is 13.9. The van der Waals surface area contributed by atoms with E-state index in [1.807, 2.05) is 54.9 Å². The smallest absolute Gasteiger partial charge is 0.319 e. The van der Waals surface area contributed by atoms with E-state index in [4.69, 9.17) is 4.74 Å². The van der Waals surface area contributed by atoms with Gasteiger partial charge in [0.1, 0.15) is 17.5 Å². The molecule has 2 N–H and O–H groups in total. The monoisotopic (exact) mass is 407 g/mol. The van der Waals surface area contributed by atoms with Crippen LogP contribution in [0.5, 0.6) is 5.75 Å². The molecule has 0 saturated carbocycles. The first-order chi connectivity index (χ1) is 14.5. The number of fused-ring (bicyclic) bond motifs is 1. The van der Waals surface area contributed by atoms with Gasteiger partial charge in [-0.3, -0.25) is 4.79 Å². The molecule has 0 unspecified atom stereocenters. The van der Waals surface area contributed by atoms with Crippen molar-refractivity contribution in [1.82, 2.24) is 19.6 Å². The lowest BCUT2D eigenvalue weighted by molar-refractivity contribution is -0.143. The average molecular weight is 407 g/mol. The molecule has 8 heteroatoms. The fourth-order valence-electron chi connectivity index (χ4n) is 3.29. The van der Waals surface area contributed by atoms with Crippen molar-refractivity contribution in [3.63, 3.8) is 0 Å². The second-order valence-corrected chi connectivity index (χ2v) is 7.70. The SMILES string of the molecule is CC(C)C(=O)N1CC(Oc2ccc(NC(=O)NCc3ccn4ccnc4c3)cc2)C1. The van der Waals surface area contributed by atoms with E-state index in [1.54, 1.807) is 23.2 Å². The van der Waals surface area contributed by atoms with Gasteiger partial charge in [0, 0.05) is 36.7 Å². The number of pyridine rings is 1. The maximum atomic E-state index is 12.2. The van der Waals surface area contributed by atoms with E-state index in [0.29, 0.717) is 25.3 Å². The second kappa shape index (κ2) is 8.44. The van der Waals surface area contributed by atoms with Crippen molar-refractivity contribution < 1.29 is 14.3 Å². The summed E-state index contributed by atoms with van der Waals surface area (Å²) in [6.07, 6.45) is 5.54. The minimum atomic E-state index is -0.284. The number of aromatic nitrogens is 2. The van der Waals surface area contributed by atoms with Gasteiger partial charge in [0.15, 0.2) is 0 Å². The quantitative estimate of drug-likeness (QED) is 0.658. The summed E-state index contributed by atoms with van der Waals surface area (Å²) in [5, 5.41) is 5.65. The van der Waals surface area contributed by atoms with Crippen LogP contribution in [0.15, 0.2) is 55.0 Å². The molecule has 4 rings (SSSR count). The highest BCUT2D eigenvalue weighted by Gasteiger charge is 2.33. The molecule has 0 bridgehead atoms. The topological polar surface area (TPSA) is 88.0 Å². The Bertz CT molecular complexity index is 1040. The van der Waals surface area contributed by atoms with Crippen LogP contribution >= 0.6 is 0 Å². The third-order valence-corrected chi connectivity index (χ3v) is 4.98. The van der Waals surface area contributed by atoms with Gasteiger partial charge < -0.3 is 24.7 Å². The molecule has 0 radical (unpaired) electrons. The van der Waals surface area contributed by atoms with Crippen molar-refractivity contribution in [1.29, 1.82) is 0 Å². The molecule has 1 saturated heterocycles. The first-order valence-electron chi connectivity index (χ1n) is 10.00. The third-order valence-electron chi connectivity index (χ3n) is 4.98. The highest BCUT2D eigenvalue weighted by molar-refractivity contribution is 5.89. The maximum Gasteiger partial charge on any atom is 0.319 e. The molecule has 3 heterocycles. The zero-order valence-electron chi connectivity index (χ0n) is 17.0. The Morgan fingerprint density at radius 2 is 1.93 bits per heavy atom. The number of nitrogens with zero attached hydrogens (tertiary/aromatic N) is 3. The number of anilines is 1. The van der Waals surface area contributed by atoms with Gasteiger partial charge in [-0.05, 0) is 42.0 Å². The second-order valence-electron chi connectivity index (χ2n) is 7.70. The van der Waals surface area contributed by atoms with Crippen molar-refractivity contribution in [2.75, 3.05) is 18.4 Å². The number of benzene rings is 1. The Morgan fingerprint density at radius 3 is 2.67 bits per heavy atom. The molecule has 1 fully saturated rings. The van der Waals surface area contributed by atoms with E-state index in [2.05, 4.69) is 15.6 Å². The Kier molecular flexibility index (Phi) is 5.56. The van der Waals surface area contributed by atoms with E-state index in [-0.39, 0.29) is 24.0 Å². The minimum absolute atomic E-state index is 0.0102. The van der Waals surface area contributed by atoms with E-state index >= 15 is 0 Å². The number of carbonyl (C=O) groups excluding carboxylic acids is 2. The summed E-state index contributed by atoms with van der Waals surface area (Å²) in [7, 11) is 0.